The molecule has 0 radical (unpaired) electrons. The van der Waals surface area contributed by atoms with Crippen LogP contribution in [0.25, 0.3) is 0 Å². The molecule has 86 valence electrons. The Morgan fingerprint density at radius 3 is 3.00 bits per heavy atom. The van der Waals surface area contributed by atoms with Crippen LogP contribution in [0, 0.1) is 5.92 Å². The van der Waals surface area contributed by atoms with Crippen LogP contribution in [0.2, 0.25) is 0 Å². The van der Waals surface area contributed by atoms with Crippen molar-refractivity contribution in [1.82, 2.24) is 14.8 Å². The molecule has 2 unspecified atom stereocenters. The molecule has 0 aliphatic heterocycles. The summed E-state index contributed by atoms with van der Waals surface area (Å²) in [5, 5.41) is 4.03. The van der Waals surface area contributed by atoms with E-state index in [4.69, 9.17) is 5.73 Å². The zero-order valence-electron chi connectivity index (χ0n) is 9.22. The van der Waals surface area contributed by atoms with Gasteiger partial charge in [0.2, 0.25) is 0 Å². The molecule has 2 atom stereocenters. The number of hydrogen-bond donors (Lipinski definition) is 1. The van der Waals surface area contributed by atoms with Crippen molar-refractivity contribution in [2.45, 2.75) is 26.1 Å². The molecule has 0 bridgehead atoms. The lowest BCUT2D eigenvalue weighted by Gasteiger charge is -2.07. The van der Waals surface area contributed by atoms with Crippen molar-refractivity contribution < 1.29 is 4.21 Å². The summed E-state index contributed by atoms with van der Waals surface area (Å²) in [4.78, 5) is 4.09. The van der Waals surface area contributed by atoms with Crippen LogP contribution in [-0.4, -0.2) is 31.3 Å². The lowest BCUT2D eigenvalue weighted by Crippen LogP contribution is -2.19. The Balaban J connectivity index is 2.51. The molecular weight excluding hydrogens is 212 g/mol. The molecule has 0 spiro atoms. The van der Waals surface area contributed by atoms with Gasteiger partial charge in [0, 0.05) is 23.1 Å². The molecule has 0 amide bonds. The second-order valence-electron chi connectivity index (χ2n) is 3.58. The van der Waals surface area contributed by atoms with Crippen molar-refractivity contribution >= 4 is 10.8 Å². The van der Waals surface area contributed by atoms with E-state index in [-0.39, 0.29) is 0 Å². The molecule has 0 fully saturated rings. The van der Waals surface area contributed by atoms with Crippen LogP contribution in [-0.2, 0) is 23.1 Å². The highest BCUT2D eigenvalue weighted by molar-refractivity contribution is 7.84. The minimum atomic E-state index is -0.895. The van der Waals surface area contributed by atoms with Gasteiger partial charge in [-0.15, -0.1) is 0 Å². The van der Waals surface area contributed by atoms with Gasteiger partial charge in [0.15, 0.2) is 0 Å². The molecular formula is C9H18N4OS. The third-order valence-corrected chi connectivity index (χ3v) is 3.68. The van der Waals surface area contributed by atoms with Crippen LogP contribution in [0.5, 0.6) is 0 Å². The molecule has 0 saturated heterocycles. The quantitative estimate of drug-likeness (QED) is 0.754. The first-order valence-corrected chi connectivity index (χ1v) is 6.57. The topological polar surface area (TPSA) is 73.8 Å². The van der Waals surface area contributed by atoms with Crippen LogP contribution in [0.15, 0.2) is 6.33 Å². The maximum Gasteiger partial charge on any atom is 0.139 e. The van der Waals surface area contributed by atoms with Gasteiger partial charge < -0.3 is 5.73 Å². The van der Waals surface area contributed by atoms with Gasteiger partial charge in [-0.2, -0.15) is 5.10 Å². The first kappa shape index (κ1) is 12.3. The van der Waals surface area contributed by atoms with E-state index in [1.54, 1.807) is 4.68 Å². The smallest absolute Gasteiger partial charge is 0.139 e. The Kier molecular flexibility index (Phi) is 4.90. The van der Waals surface area contributed by atoms with E-state index in [1.807, 2.05) is 13.8 Å². The predicted octanol–water partition coefficient (Wildman–Crippen LogP) is 0.142. The van der Waals surface area contributed by atoms with Gasteiger partial charge in [-0.3, -0.25) is 4.21 Å². The predicted molar refractivity (Wildman–Crippen MR) is 60.6 cm³/mol. The summed E-state index contributed by atoms with van der Waals surface area (Å²) in [5.74, 6) is 2.19. The molecule has 1 heterocycles. The third kappa shape index (κ3) is 3.71. The van der Waals surface area contributed by atoms with Crippen molar-refractivity contribution in [3.05, 3.63) is 12.2 Å². The van der Waals surface area contributed by atoms with Crippen LogP contribution in [0.1, 0.15) is 19.7 Å². The fourth-order valence-corrected chi connectivity index (χ4v) is 2.65. The fourth-order valence-electron chi connectivity index (χ4n) is 1.25. The summed E-state index contributed by atoms with van der Waals surface area (Å²) in [5.41, 5.74) is 5.48. The number of nitrogens with zero attached hydrogens (tertiary/aromatic N) is 3. The zero-order chi connectivity index (χ0) is 11.3. The van der Waals surface area contributed by atoms with Crippen molar-refractivity contribution in [2.75, 3.05) is 12.3 Å². The van der Waals surface area contributed by atoms with E-state index in [1.165, 1.54) is 6.33 Å². The lowest BCUT2D eigenvalue weighted by molar-refractivity contribution is 0.619. The number of nitrogens with two attached hydrogens (primary N) is 1. The number of hydrogen-bond acceptors (Lipinski definition) is 4. The van der Waals surface area contributed by atoms with Gasteiger partial charge in [-0.25, -0.2) is 9.67 Å². The molecule has 1 aromatic rings. The van der Waals surface area contributed by atoms with E-state index in [0.717, 1.165) is 12.4 Å². The molecule has 2 N–H and O–H groups in total. The maximum absolute atomic E-state index is 11.7. The van der Waals surface area contributed by atoms with Gasteiger partial charge in [0.1, 0.15) is 12.2 Å². The highest BCUT2D eigenvalue weighted by Gasteiger charge is 2.10. The van der Waals surface area contributed by atoms with E-state index in [2.05, 4.69) is 10.1 Å². The monoisotopic (exact) mass is 230 g/mol. The van der Waals surface area contributed by atoms with Crippen LogP contribution >= 0.6 is 0 Å². The number of aryl methyl sites for hydroxylation is 1. The Bertz CT molecular complexity index is 326. The first-order valence-electron chi connectivity index (χ1n) is 5.09. The summed E-state index contributed by atoms with van der Waals surface area (Å²) in [6, 6.07) is 0. The average molecular weight is 230 g/mol. The zero-order valence-corrected chi connectivity index (χ0v) is 10.0. The molecule has 6 heteroatoms. The summed E-state index contributed by atoms with van der Waals surface area (Å²) in [6.07, 6.45) is 1.50. The van der Waals surface area contributed by atoms with E-state index in [9.17, 15) is 4.21 Å². The first-order chi connectivity index (χ1) is 7.17. The van der Waals surface area contributed by atoms with Gasteiger partial charge in [-0.05, 0) is 19.4 Å². The highest BCUT2D eigenvalue weighted by atomic mass is 32.2. The Labute approximate surface area is 92.5 Å². The summed E-state index contributed by atoms with van der Waals surface area (Å²) >= 11 is 0. The fraction of sp³-hybridized carbons (Fsp3) is 0.778. The van der Waals surface area contributed by atoms with Gasteiger partial charge in [-0.1, -0.05) is 6.92 Å². The van der Waals surface area contributed by atoms with Crippen LogP contribution in [0.3, 0.4) is 0 Å². The molecule has 1 rings (SSSR count). The van der Waals surface area contributed by atoms with E-state index >= 15 is 0 Å². The molecule has 0 aliphatic carbocycles. The average Bonchev–Trinajstić information content (AvgIpc) is 2.64. The van der Waals surface area contributed by atoms with Crippen molar-refractivity contribution in [1.29, 1.82) is 0 Å². The molecule has 1 aromatic heterocycles. The Hall–Kier alpha value is -0.750. The number of aromatic nitrogens is 3. The molecule has 0 aliphatic rings. The maximum atomic E-state index is 11.7. The second-order valence-corrected chi connectivity index (χ2v) is 5.09. The van der Waals surface area contributed by atoms with Gasteiger partial charge in [0.05, 0.1) is 5.75 Å². The third-order valence-electron chi connectivity index (χ3n) is 2.16. The van der Waals surface area contributed by atoms with Gasteiger partial charge in [0.25, 0.3) is 0 Å². The minimum absolute atomic E-state index is 0.295. The Morgan fingerprint density at radius 1 is 1.67 bits per heavy atom. The number of rotatable bonds is 6. The lowest BCUT2D eigenvalue weighted by atomic mass is 10.2. The largest absolute Gasteiger partial charge is 0.330 e. The normalized spacial score (nSPS) is 15.1. The molecule has 5 nitrogen and oxygen atoms in total. The molecule has 0 saturated carbocycles. The summed E-state index contributed by atoms with van der Waals surface area (Å²) in [6.45, 7) is 5.33. The van der Waals surface area contributed by atoms with Crippen molar-refractivity contribution in [2.24, 2.45) is 11.7 Å². The van der Waals surface area contributed by atoms with Gasteiger partial charge >= 0.3 is 0 Å². The summed E-state index contributed by atoms with van der Waals surface area (Å²) in [7, 11) is -0.895. The molecule has 0 aromatic carbocycles. The minimum Gasteiger partial charge on any atom is -0.330 e. The highest BCUT2D eigenvalue weighted by Crippen LogP contribution is 2.03. The van der Waals surface area contributed by atoms with Crippen LogP contribution < -0.4 is 5.73 Å². The standard InChI is InChI=1S/C9H18N4OS/c1-3-13-9(11-7-12-13)6-15(14)5-8(2)4-10/h7-8H,3-6,10H2,1-2H3. The van der Waals surface area contributed by atoms with Crippen molar-refractivity contribution in [3.63, 3.8) is 0 Å². The SMILES string of the molecule is CCn1ncnc1CS(=O)CC(C)CN. The second kappa shape index (κ2) is 5.97. The van der Waals surface area contributed by atoms with Crippen LogP contribution in [0.4, 0.5) is 0 Å². The van der Waals surface area contributed by atoms with Crippen molar-refractivity contribution in [3.8, 4) is 0 Å². The Morgan fingerprint density at radius 2 is 2.40 bits per heavy atom. The summed E-state index contributed by atoms with van der Waals surface area (Å²) < 4.78 is 13.5. The van der Waals surface area contributed by atoms with E-state index < -0.39 is 10.8 Å². The van der Waals surface area contributed by atoms with E-state index in [0.29, 0.717) is 24.0 Å². The molecule has 15 heavy (non-hydrogen) atoms.